The van der Waals surface area contributed by atoms with Crippen LogP contribution in [0.4, 0.5) is 29.2 Å². The molecule has 0 amide bonds. The van der Waals surface area contributed by atoms with Gasteiger partial charge < -0.3 is 10.6 Å². The van der Waals surface area contributed by atoms with Crippen molar-refractivity contribution in [2.24, 2.45) is 0 Å². The first-order valence-electron chi connectivity index (χ1n) is 5.93. The predicted molar refractivity (Wildman–Crippen MR) is 70.0 cm³/mol. The zero-order chi connectivity index (χ0) is 15.6. The second-order valence-corrected chi connectivity index (χ2v) is 4.45. The third-order valence-electron chi connectivity index (χ3n) is 2.71. The lowest BCUT2D eigenvalue weighted by molar-refractivity contribution is -0.144. The lowest BCUT2D eigenvalue weighted by Gasteiger charge is -2.19. The number of alkyl halides is 3. The van der Waals surface area contributed by atoms with E-state index < -0.39 is 12.0 Å². The molecule has 0 spiro atoms. The van der Waals surface area contributed by atoms with E-state index in [0.717, 1.165) is 5.56 Å². The Morgan fingerprint density at radius 2 is 1.76 bits per heavy atom. The minimum absolute atomic E-state index is 0.0409. The second-order valence-electron chi connectivity index (χ2n) is 4.45. The SMILES string of the molecule is CN(Cc1ccc(F)cc1)c1cc(N)nc(C(F)(F)F)n1. The van der Waals surface area contributed by atoms with Crippen LogP contribution in [-0.4, -0.2) is 17.0 Å². The summed E-state index contributed by atoms with van der Waals surface area (Å²) in [5, 5.41) is 0. The van der Waals surface area contributed by atoms with Crippen LogP contribution in [0.1, 0.15) is 11.4 Å². The summed E-state index contributed by atoms with van der Waals surface area (Å²) in [7, 11) is 1.56. The van der Waals surface area contributed by atoms with Crippen LogP contribution in [0.25, 0.3) is 0 Å². The summed E-state index contributed by atoms with van der Waals surface area (Å²) in [6.07, 6.45) is -4.67. The van der Waals surface area contributed by atoms with Gasteiger partial charge in [-0.2, -0.15) is 13.2 Å². The van der Waals surface area contributed by atoms with E-state index in [0.29, 0.717) is 0 Å². The molecule has 8 heteroatoms. The van der Waals surface area contributed by atoms with Crippen molar-refractivity contribution in [3.8, 4) is 0 Å². The van der Waals surface area contributed by atoms with Gasteiger partial charge in [0.2, 0.25) is 5.82 Å². The molecule has 0 atom stereocenters. The Morgan fingerprint density at radius 3 is 2.33 bits per heavy atom. The summed E-state index contributed by atoms with van der Waals surface area (Å²) in [4.78, 5) is 8.10. The Balaban J connectivity index is 2.24. The molecule has 2 N–H and O–H groups in total. The van der Waals surface area contributed by atoms with Crippen molar-refractivity contribution in [3.05, 3.63) is 47.5 Å². The highest BCUT2D eigenvalue weighted by Gasteiger charge is 2.35. The molecule has 0 bridgehead atoms. The number of nitrogen functional groups attached to an aromatic ring is 1. The Bertz CT molecular complexity index is 625. The molecule has 0 aliphatic carbocycles. The molecule has 0 aliphatic rings. The fourth-order valence-corrected chi connectivity index (χ4v) is 1.72. The number of nitrogens with zero attached hydrogens (tertiary/aromatic N) is 3. The summed E-state index contributed by atoms with van der Waals surface area (Å²) in [5.74, 6) is -1.90. The molecule has 0 saturated carbocycles. The van der Waals surface area contributed by atoms with Crippen LogP contribution in [0.2, 0.25) is 0 Å². The predicted octanol–water partition coefficient (Wildman–Crippen LogP) is 2.85. The van der Waals surface area contributed by atoms with Crippen LogP contribution in [0.15, 0.2) is 30.3 Å². The summed E-state index contributed by atoms with van der Waals surface area (Å²) < 4.78 is 50.7. The number of rotatable bonds is 3. The Morgan fingerprint density at radius 1 is 1.14 bits per heavy atom. The summed E-state index contributed by atoms with van der Waals surface area (Å²) in [6, 6.07) is 6.89. The van der Waals surface area contributed by atoms with Crippen LogP contribution < -0.4 is 10.6 Å². The lowest BCUT2D eigenvalue weighted by atomic mass is 10.2. The zero-order valence-corrected chi connectivity index (χ0v) is 11.0. The highest BCUT2D eigenvalue weighted by atomic mass is 19.4. The number of hydrogen-bond acceptors (Lipinski definition) is 4. The van der Waals surface area contributed by atoms with Crippen molar-refractivity contribution >= 4 is 11.6 Å². The van der Waals surface area contributed by atoms with Gasteiger partial charge in [-0.15, -0.1) is 0 Å². The van der Waals surface area contributed by atoms with Gasteiger partial charge in [0, 0.05) is 19.7 Å². The fourth-order valence-electron chi connectivity index (χ4n) is 1.72. The monoisotopic (exact) mass is 300 g/mol. The van der Waals surface area contributed by atoms with Crippen LogP contribution >= 0.6 is 0 Å². The smallest absolute Gasteiger partial charge is 0.384 e. The van der Waals surface area contributed by atoms with Crippen molar-refractivity contribution < 1.29 is 17.6 Å². The maximum absolute atomic E-state index is 12.8. The third-order valence-corrected chi connectivity index (χ3v) is 2.71. The fraction of sp³-hybridized carbons (Fsp3) is 0.231. The van der Waals surface area contributed by atoms with Gasteiger partial charge in [0.15, 0.2) is 0 Å². The minimum atomic E-state index is -4.67. The van der Waals surface area contributed by atoms with Crippen LogP contribution in [0, 0.1) is 5.82 Å². The highest BCUT2D eigenvalue weighted by molar-refractivity contribution is 5.47. The van der Waals surface area contributed by atoms with Gasteiger partial charge in [0.05, 0.1) is 0 Å². The van der Waals surface area contributed by atoms with E-state index in [1.54, 1.807) is 19.2 Å². The van der Waals surface area contributed by atoms with Gasteiger partial charge in [0.1, 0.15) is 17.5 Å². The first-order valence-corrected chi connectivity index (χ1v) is 5.93. The molecule has 0 fully saturated rings. The number of aromatic nitrogens is 2. The standard InChI is InChI=1S/C13H12F4N4/c1-21(7-8-2-4-9(14)5-3-8)11-6-10(18)19-12(20-11)13(15,16)17/h2-6H,7H2,1H3,(H2,18,19,20). The molecule has 1 heterocycles. The van der Waals surface area contributed by atoms with E-state index in [2.05, 4.69) is 9.97 Å². The van der Waals surface area contributed by atoms with Crippen molar-refractivity contribution in [1.29, 1.82) is 0 Å². The number of anilines is 2. The van der Waals surface area contributed by atoms with E-state index in [1.807, 2.05) is 0 Å². The molecular formula is C13H12F4N4. The minimum Gasteiger partial charge on any atom is -0.384 e. The van der Waals surface area contributed by atoms with Gasteiger partial charge in [-0.05, 0) is 17.7 Å². The molecule has 1 aromatic heterocycles. The molecule has 4 nitrogen and oxygen atoms in total. The van der Waals surface area contributed by atoms with Crippen LogP contribution in [0.3, 0.4) is 0 Å². The molecule has 2 aromatic rings. The van der Waals surface area contributed by atoms with E-state index in [1.165, 1.54) is 23.1 Å². The number of benzene rings is 1. The summed E-state index contributed by atoms with van der Waals surface area (Å²) in [5.41, 5.74) is 6.11. The summed E-state index contributed by atoms with van der Waals surface area (Å²) in [6.45, 7) is 0.258. The molecule has 0 unspecified atom stereocenters. The van der Waals surface area contributed by atoms with Gasteiger partial charge in [-0.3, -0.25) is 0 Å². The van der Waals surface area contributed by atoms with Crippen molar-refractivity contribution in [2.75, 3.05) is 17.7 Å². The maximum atomic E-state index is 12.8. The average molecular weight is 300 g/mol. The first-order chi connectivity index (χ1) is 9.75. The van der Waals surface area contributed by atoms with Gasteiger partial charge in [-0.25, -0.2) is 14.4 Å². The Kier molecular flexibility index (Phi) is 3.97. The highest BCUT2D eigenvalue weighted by Crippen LogP contribution is 2.28. The Hall–Kier alpha value is -2.38. The Labute approximate surface area is 118 Å². The van der Waals surface area contributed by atoms with E-state index in [9.17, 15) is 17.6 Å². The molecule has 21 heavy (non-hydrogen) atoms. The largest absolute Gasteiger partial charge is 0.451 e. The van der Waals surface area contributed by atoms with Crippen LogP contribution in [-0.2, 0) is 12.7 Å². The van der Waals surface area contributed by atoms with E-state index >= 15 is 0 Å². The maximum Gasteiger partial charge on any atom is 0.451 e. The van der Waals surface area contributed by atoms with E-state index in [4.69, 9.17) is 5.73 Å². The van der Waals surface area contributed by atoms with Gasteiger partial charge in [0.25, 0.3) is 0 Å². The van der Waals surface area contributed by atoms with E-state index in [-0.39, 0.29) is 24.0 Å². The number of halogens is 4. The van der Waals surface area contributed by atoms with Crippen molar-refractivity contribution in [2.45, 2.75) is 12.7 Å². The summed E-state index contributed by atoms with van der Waals surface area (Å²) >= 11 is 0. The van der Waals surface area contributed by atoms with Gasteiger partial charge >= 0.3 is 6.18 Å². The quantitative estimate of drug-likeness (QED) is 0.886. The number of hydrogen-bond donors (Lipinski definition) is 1. The molecule has 112 valence electrons. The molecule has 2 rings (SSSR count). The lowest BCUT2D eigenvalue weighted by Crippen LogP contribution is -2.21. The second kappa shape index (κ2) is 5.55. The van der Waals surface area contributed by atoms with Crippen LogP contribution in [0.5, 0.6) is 0 Å². The zero-order valence-electron chi connectivity index (χ0n) is 11.0. The molecule has 0 saturated heterocycles. The number of nitrogens with two attached hydrogens (primary N) is 1. The third kappa shape index (κ3) is 3.80. The molecule has 0 aliphatic heterocycles. The van der Waals surface area contributed by atoms with Gasteiger partial charge in [-0.1, -0.05) is 12.1 Å². The normalized spacial score (nSPS) is 11.5. The van der Waals surface area contributed by atoms with Crippen molar-refractivity contribution in [1.82, 2.24) is 9.97 Å². The molecular weight excluding hydrogens is 288 g/mol. The first kappa shape index (κ1) is 15.0. The molecule has 1 aromatic carbocycles. The average Bonchev–Trinajstić information content (AvgIpc) is 2.39. The molecule has 0 radical (unpaired) electrons. The van der Waals surface area contributed by atoms with Crippen molar-refractivity contribution in [3.63, 3.8) is 0 Å². The topological polar surface area (TPSA) is 55.0 Å².